The molecule has 15 heavy (non-hydrogen) atoms. The summed E-state index contributed by atoms with van der Waals surface area (Å²) in [5.41, 5.74) is 1.18. The molecule has 1 heterocycles. The largest absolute Gasteiger partial charge is 0.390 e. The predicted molar refractivity (Wildman–Crippen MR) is 53.3 cm³/mol. The SMILES string of the molecule is Cn1nc2cc([N+](=O)[O-])ccc2c1CO. The minimum atomic E-state index is -0.466. The number of rotatable bonds is 2. The summed E-state index contributed by atoms with van der Waals surface area (Å²) >= 11 is 0. The van der Waals surface area contributed by atoms with Crippen molar-refractivity contribution >= 4 is 16.6 Å². The lowest BCUT2D eigenvalue weighted by Gasteiger charge is -1.95. The first-order chi connectivity index (χ1) is 7.13. The Kier molecular flexibility index (Phi) is 2.12. The molecule has 0 fully saturated rings. The second kappa shape index (κ2) is 3.32. The van der Waals surface area contributed by atoms with Gasteiger partial charge < -0.3 is 5.11 Å². The van der Waals surface area contributed by atoms with Crippen LogP contribution >= 0.6 is 0 Å². The lowest BCUT2D eigenvalue weighted by molar-refractivity contribution is -0.384. The normalized spacial score (nSPS) is 10.8. The highest BCUT2D eigenvalue weighted by molar-refractivity contribution is 5.83. The average Bonchev–Trinajstić information content (AvgIpc) is 2.51. The van der Waals surface area contributed by atoms with Gasteiger partial charge in [-0.3, -0.25) is 14.8 Å². The van der Waals surface area contributed by atoms with Gasteiger partial charge in [-0.05, 0) is 6.07 Å². The van der Waals surface area contributed by atoms with Crippen molar-refractivity contribution in [3.63, 3.8) is 0 Å². The molecule has 0 radical (unpaired) electrons. The third kappa shape index (κ3) is 1.44. The molecule has 2 rings (SSSR count). The number of aromatic nitrogens is 2. The zero-order valence-corrected chi connectivity index (χ0v) is 8.04. The van der Waals surface area contributed by atoms with Crippen LogP contribution in [0.25, 0.3) is 10.9 Å². The van der Waals surface area contributed by atoms with E-state index < -0.39 is 4.92 Å². The number of fused-ring (bicyclic) bond motifs is 1. The number of aliphatic hydroxyl groups excluding tert-OH is 1. The van der Waals surface area contributed by atoms with E-state index in [1.807, 2.05) is 0 Å². The number of nitrogens with zero attached hydrogens (tertiary/aromatic N) is 3. The fourth-order valence-corrected chi connectivity index (χ4v) is 1.54. The van der Waals surface area contributed by atoms with Crippen molar-refractivity contribution in [2.45, 2.75) is 6.61 Å². The average molecular weight is 207 g/mol. The Balaban J connectivity index is 2.69. The molecule has 1 aromatic carbocycles. The Morgan fingerprint density at radius 3 is 2.93 bits per heavy atom. The van der Waals surface area contributed by atoms with Crippen LogP contribution in [-0.2, 0) is 13.7 Å². The Labute approximate surface area is 84.9 Å². The monoisotopic (exact) mass is 207 g/mol. The highest BCUT2D eigenvalue weighted by atomic mass is 16.6. The molecular formula is C9H9N3O3. The first kappa shape index (κ1) is 9.60. The summed E-state index contributed by atoms with van der Waals surface area (Å²) < 4.78 is 1.52. The van der Waals surface area contributed by atoms with E-state index in [-0.39, 0.29) is 12.3 Å². The summed E-state index contributed by atoms with van der Waals surface area (Å²) in [5.74, 6) is 0. The summed E-state index contributed by atoms with van der Waals surface area (Å²) in [4.78, 5) is 10.1. The molecule has 78 valence electrons. The van der Waals surface area contributed by atoms with Crippen LogP contribution in [0.3, 0.4) is 0 Å². The van der Waals surface area contributed by atoms with E-state index in [2.05, 4.69) is 5.10 Å². The van der Waals surface area contributed by atoms with Crippen molar-refractivity contribution in [3.8, 4) is 0 Å². The van der Waals surface area contributed by atoms with Crippen LogP contribution < -0.4 is 0 Å². The molecule has 0 aliphatic rings. The highest BCUT2D eigenvalue weighted by Gasteiger charge is 2.12. The molecule has 0 unspecified atom stereocenters. The van der Waals surface area contributed by atoms with Crippen LogP contribution in [0.15, 0.2) is 18.2 Å². The summed E-state index contributed by atoms with van der Waals surface area (Å²) in [5, 5.41) is 24.4. The van der Waals surface area contributed by atoms with Crippen LogP contribution in [-0.4, -0.2) is 19.8 Å². The third-order valence-corrected chi connectivity index (χ3v) is 2.30. The minimum Gasteiger partial charge on any atom is -0.390 e. The predicted octanol–water partition coefficient (Wildman–Crippen LogP) is 0.974. The highest BCUT2D eigenvalue weighted by Crippen LogP contribution is 2.22. The molecule has 0 atom stereocenters. The number of hydrogen-bond acceptors (Lipinski definition) is 4. The fraction of sp³-hybridized carbons (Fsp3) is 0.222. The summed E-state index contributed by atoms with van der Waals surface area (Å²) in [6, 6.07) is 4.41. The van der Waals surface area contributed by atoms with E-state index in [0.717, 1.165) is 5.39 Å². The Bertz CT molecular complexity index is 533. The van der Waals surface area contributed by atoms with E-state index in [1.54, 1.807) is 13.1 Å². The molecule has 0 amide bonds. The second-order valence-electron chi connectivity index (χ2n) is 3.19. The quantitative estimate of drug-likeness (QED) is 0.587. The number of nitro benzene ring substituents is 1. The van der Waals surface area contributed by atoms with Gasteiger partial charge in [0.1, 0.15) is 0 Å². The van der Waals surface area contributed by atoms with Crippen LogP contribution in [0.2, 0.25) is 0 Å². The Morgan fingerprint density at radius 1 is 1.60 bits per heavy atom. The zero-order chi connectivity index (χ0) is 11.0. The number of hydrogen-bond donors (Lipinski definition) is 1. The molecule has 0 saturated carbocycles. The van der Waals surface area contributed by atoms with Gasteiger partial charge in [0, 0.05) is 24.6 Å². The molecular weight excluding hydrogens is 198 g/mol. The Morgan fingerprint density at radius 2 is 2.33 bits per heavy atom. The molecule has 0 saturated heterocycles. The standard InChI is InChI=1S/C9H9N3O3/c1-11-9(5-13)7-3-2-6(12(14)15)4-8(7)10-11/h2-4,13H,5H2,1H3. The van der Waals surface area contributed by atoms with Gasteiger partial charge in [-0.25, -0.2) is 0 Å². The molecule has 1 N–H and O–H groups in total. The lowest BCUT2D eigenvalue weighted by atomic mass is 10.2. The van der Waals surface area contributed by atoms with E-state index in [0.29, 0.717) is 11.2 Å². The maximum absolute atomic E-state index is 10.5. The fourth-order valence-electron chi connectivity index (χ4n) is 1.54. The van der Waals surface area contributed by atoms with Gasteiger partial charge >= 0.3 is 0 Å². The van der Waals surface area contributed by atoms with Crippen molar-refractivity contribution in [3.05, 3.63) is 34.0 Å². The van der Waals surface area contributed by atoms with Gasteiger partial charge in [0.2, 0.25) is 0 Å². The number of nitro groups is 1. The first-order valence-electron chi connectivity index (χ1n) is 4.34. The molecule has 0 aliphatic carbocycles. The van der Waals surface area contributed by atoms with Gasteiger partial charge in [-0.1, -0.05) is 0 Å². The Hall–Kier alpha value is -1.95. The van der Waals surface area contributed by atoms with Crippen LogP contribution in [0.1, 0.15) is 5.69 Å². The molecule has 0 spiro atoms. The number of aliphatic hydroxyl groups is 1. The summed E-state index contributed by atoms with van der Waals surface area (Å²) in [6.45, 7) is -0.134. The van der Waals surface area contributed by atoms with E-state index in [1.165, 1.54) is 16.8 Å². The molecule has 2 aromatic rings. The van der Waals surface area contributed by atoms with Gasteiger partial charge in [0.15, 0.2) is 0 Å². The molecule has 0 bridgehead atoms. The number of aryl methyl sites for hydroxylation is 1. The van der Waals surface area contributed by atoms with Crippen molar-refractivity contribution < 1.29 is 10.0 Å². The van der Waals surface area contributed by atoms with Crippen molar-refractivity contribution in [1.29, 1.82) is 0 Å². The van der Waals surface area contributed by atoms with Crippen LogP contribution in [0.5, 0.6) is 0 Å². The first-order valence-corrected chi connectivity index (χ1v) is 4.34. The van der Waals surface area contributed by atoms with E-state index >= 15 is 0 Å². The van der Waals surface area contributed by atoms with Gasteiger partial charge in [0.05, 0.1) is 22.7 Å². The maximum Gasteiger partial charge on any atom is 0.271 e. The summed E-state index contributed by atoms with van der Waals surface area (Å²) in [6.07, 6.45) is 0. The topological polar surface area (TPSA) is 81.2 Å². The number of non-ortho nitro benzene ring substituents is 1. The lowest BCUT2D eigenvalue weighted by Crippen LogP contribution is -1.96. The van der Waals surface area contributed by atoms with Crippen LogP contribution in [0, 0.1) is 10.1 Å². The maximum atomic E-state index is 10.5. The van der Waals surface area contributed by atoms with Crippen molar-refractivity contribution in [2.75, 3.05) is 0 Å². The van der Waals surface area contributed by atoms with Gasteiger partial charge in [0.25, 0.3) is 5.69 Å². The number of benzene rings is 1. The van der Waals surface area contributed by atoms with Gasteiger partial charge in [-0.15, -0.1) is 0 Å². The van der Waals surface area contributed by atoms with E-state index in [4.69, 9.17) is 5.11 Å². The third-order valence-electron chi connectivity index (χ3n) is 2.30. The van der Waals surface area contributed by atoms with Gasteiger partial charge in [-0.2, -0.15) is 5.10 Å². The molecule has 6 nitrogen and oxygen atoms in total. The molecule has 6 heteroatoms. The second-order valence-corrected chi connectivity index (χ2v) is 3.19. The molecule has 1 aromatic heterocycles. The van der Waals surface area contributed by atoms with Crippen molar-refractivity contribution in [2.24, 2.45) is 7.05 Å². The zero-order valence-electron chi connectivity index (χ0n) is 8.04. The summed E-state index contributed by atoms with van der Waals surface area (Å²) in [7, 11) is 1.69. The van der Waals surface area contributed by atoms with Crippen LogP contribution in [0.4, 0.5) is 5.69 Å². The molecule has 0 aliphatic heterocycles. The smallest absolute Gasteiger partial charge is 0.271 e. The van der Waals surface area contributed by atoms with Crippen molar-refractivity contribution in [1.82, 2.24) is 9.78 Å². The van der Waals surface area contributed by atoms with E-state index in [9.17, 15) is 10.1 Å². The minimum absolute atomic E-state index is 0.00471.